The number of benzene rings is 5. The molecular formula is C42H31N3. The van der Waals surface area contributed by atoms with E-state index in [9.17, 15) is 0 Å². The van der Waals surface area contributed by atoms with E-state index in [1.807, 2.05) is 31.3 Å². The summed E-state index contributed by atoms with van der Waals surface area (Å²) in [5.74, 6) is 0. The van der Waals surface area contributed by atoms with E-state index in [0.29, 0.717) is 0 Å². The molecule has 0 aliphatic carbocycles. The van der Waals surface area contributed by atoms with Crippen molar-refractivity contribution in [3.05, 3.63) is 164 Å². The topological polar surface area (TPSA) is 22.8 Å². The third-order valence-electron chi connectivity index (χ3n) is 8.67. The molecule has 0 amide bonds. The highest BCUT2D eigenvalue weighted by Gasteiger charge is 2.18. The van der Waals surface area contributed by atoms with E-state index in [1.165, 1.54) is 38.4 Å². The number of aromatic nitrogens is 3. The Kier molecular flexibility index (Phi) is 6.50. The molecule has 0 saturated carbocycles. The van der Waals surface area contributed by atoms with Crippen LogP contribution in [0, 0.1) is 0 Å². The number of allylic oxidation sites excluding steroid dienone is 5. The van der Waals surface area contributed by atoms with Gasteiger partial charge in [-0.25, -0.2) is 4.98 Å². The van der Waals surface area contributed by atoms with Crippen LogP contribution in [0.4, 0.5) is 0 Å². The second kappa shape index (κ2) is 11.0. The largest absolute Gasteiger partial charge is 0.309 e. The summed E-state index contributed by atoms with van der Waals surface area (Å²) < 4.78 is 4.60. The van der Waals surface area contributed by atoms with E-state index >= 15 is 0 Å². The van der Waals surface area contributed by atoms with Crippen molar-refractivity contribution in [2.75, 3.05) is 0 Å². The van der Waals surface area contributed by atoms with Gasteiger partial charge in [0, 0.05) is 39.1 Å². The van der Waals surface area contributed by atoms with Gasteiger partial charge < -0.3 is 4.57 Å². The molecule has 8 rings (SSSR count). The van der Waals surface area contributed by atoms with E-state index in [0.717, 1.165) is 39.0 Å². The van der Waals surface area contributed by atoms with Gasteiger partial charge in [0.2, 0.25) is 0 Å². The summed E-state index contributed by atoms with van der Waals surface area (Å²) in [5.41, 5.74) is 11.3. The fourth-order valence-electron chi connectivity index (χ4n) is 6.70. The lowest BCUT2D eigenvalue weighted by atomic mass is 9.98. The first-order chi connectivity index (χ1) is 22.3. The van der Waals surface area contributed by atoms with E-state index in [4.69, 9.17) is 4.98 Å². The van der Waals surface area contributed by atoms with Crippen molar-refractivity contribution in [2.24, 2.45) is 0 Å². The Morgan fingerprint density at radius 1 is 0.644 bits per heavy atom. The Balaban J connectivity index is 1.37. The molecule has 0 fully saturated rings. The molecule has 0 aliphatic rings. The zero-order valence-corrected chi connectivity index (χ0v) is 25.1. The van der Waals surface area contributed by atoms with Gasteiger partial charge in [-0.2, -0.15) is 0 Å². The maximum absolute atomic E-state index is 4.89. The molecular weight excluding hydrogens is 546 g/mol. The zero-order chi connectivity index (χ0) is 30.3. The summed E-state index contributed by atoms with van der Waals surface area (Å²) in [6, 6.07) is 45.6. The predicted molar refractivity (Wildman–Crippen MR) is 192 cm³/mol. The monoisotopic (exact) mass is 577 g/mol. The highest BCUT2D eigenvalue weighted by molar-refractivity contribution is 6.17. The minimum atomic E-state index is 0.953. The Labute approximate surface area is 262 Å². The minimum absolute atomic E-state index is 0.953. The van der Waals surface area contributed by atoms with Gasteiger partial charge in [0.1, 0.15) is 5.65 Å². The van der Waals surface area contributed by atoms with Gasteiger partial charge in [-0.15, -0.1) is 0 Å². The van der Waals surface area contributed by atoms with Crippen molar-refractivity contribution in [1.82, 2.24) is 14.1 Å². The molecule has 5 aromatic carbocycles. The van der Waals surface area contributed by atoms with Crippen LogP contribution in [0.3, 0.4) is 0 Å². The maximum Gasteiger partial charge on any atom is 0.145 e. The van der Waals surface area contributed by atoms with E-state index in [1.54, 1.807) is 0 Å². The number of hydrogen-bond acceptors (Lipinski definition) is 1. The first-order valence-electron chi connectivity index (χ1n) is 15.3. The molecule has 0 spiro atoms. The fourth-order valence-corrected chi connectivity index (χ4v) is 6.70. The van der Waals surface area contributed by atoms with Crippen LogP contribution < -0.4 is 0 Å². The van der Waals surface area contributed by atoms with Gasteiger partial charge in [-0.1, -0.05) is 97.6 Å². The fraction of sp³-hybridized carbons (Fsp3) is 0.0238. The smallest absolute Gasteiger partial charge is 0.145 e. The first kappa shape index (κ1) is 26.7. The molecule has 3 heteroatoms. The van der Waals surface area contributed by atoms with Gasteiger partial charge in [-0.3, -0.25) is 4.57 Å². The summed E-state index contributed by atoms with van der Waals surface area (Å²) in [4.78, 5) is 4.89. The van der Waals surface area contributed by atoms with Crippen LogP contribution in [-0.4, -0.2) is 14.1 Å². The lowest BCUT2D eigenvalue weighted by Crippen LogP contribution is -1.95. The molecule has 3 heterocycles. The molecule has 0 N–H and O–H groups in total. The number of rotatable bonds is 6. The van der Waals surface area contributed by atoms with E-state index < -0.39 is 0 Å². The average Bonchev–Trinajstić information content (AvgIpc) is 3.62. The molecule has 0 radical (unpaired) electrons. The van der Waals surface area contributed by atoms with Crippen molar-refractivity contribution < 1.29 is 0 Å². The molecule has 45 heavy (non-hydrogen) atoms. The minimum Gasteiger partial charge on any atom is -0.309 e. The number of para-hydroxylation sites is 1. The summed E-state index contributed by atoms with van der Waals surface area (Å²) in [7, 11) is 0. The number of pyridine rings is 1. The lowest BCUT2D eigenvalue weighted by Gasteiger charge is -2.11. The van der Waals surface area contributed by atoms with Crippen LogP contribution in [0.25, 0.3) is 77.4 Å². The second-order valence-electron chi connectivity index (χ2n) is 11.2. The van der Waals surface area contributed by atoms with Crippen LogP contribution in [0.15, 0.2) is 164 Å². The molecule has 0 unspecified atom stereocenters. The summed E-state index contributed by atoms with van der Waals surface area (Å²) in [6.45, 7) is 6.18. The van der Waals surface area contributed by atoms with Gasteiger partial charge in [0.25, 0.3) is 0 Å². The second-order valence-corrected chi connectivity index (χ2v) is 11.2. The van der Waals surface area contributed by atoms with Crippen LogP contribution in [0.2, 0.25) is 0 Å². The van der Waals surface area contributed by atoms with Gasteiger partial charge in [0.05, 0.1) is 16.6 Å². The van der Waals surface area contributed by atoms with Gasteiger partial charge >= 0.3 is 0 Å². The van der Waals surface area contributed by atoms with Crippen LogP contribution in [0.5, 0.6) is 0 Å². The molecule has 0 saturated heterocycles. The number of fused-ring (bicyclic) bond motifs is 6. The summed E-state index contributed by atoms with van der Waals surface area (Å²) in [5, 5.41) is 4.77. The molecule has 8 aromatic rings. The van der Waals surface area contributed by atoms with Gasteiger partial charge in [-0.05, 0) is 89.9 Å². The standard InChI is InChI=1S/C42H31N3/c1-3-5-17-32(4-2)44-38-22-10-9-19-36(38)41-34(20-12-23-40(41)44)31-24-25-39-37(28-31)35-21-13-26-43-42(35)45(39)33-18-11-16-30(27-33)29-14-7-6-8-15-29/h3-28H,2H2,1H3/b5-3-,32-17+. The molecule has 0 bridgehead atoms. The van der Waals surface area contributed by atoms with Crippen LogP contribution >= 0.6 is 0 Å². The molecule has 3 nitrogen and oxygen atoms in total. The Morgan fingerprint density at radius 3 is 2.29 bits per heavy atom. The van der Waals surface area contributed by atoms with Crippen molar-refractivity contribution in [1.29, 1.82) is 0 Å². The molecule has 3 aromatic heterocycles. The third kappa shape index (κ3) is 4.32. The summed E-state index contributed by atoms with van der Waals surface area (Å²) in [6.07, 6.45) is 10.0. The summed E-state index contributed by atoms with van der Waals surface area (Å²) >= 11 is 0. The van der Waals surface area contributed by atoms with Crippen molar-refractivity contribution >= 4 is 49.4 Å². The van der Waals surface area contributed by atoms with Crippen molar-refractivity contribution in [3.8, 4) is 27.9 Å². The maximum atomic E-state index is 4.89. The Bertz CT molecular complexity index is 2450. The Hall–Kier alpha value is -5.93. The van der Waals surface area contributed by atoms with Crippen LogP contribution in [-0.2, 0) is 0 Å². The van der Waals surface area contributed by atoms with Gasteiger partial charge in [0.15, 0.2) is 0 Å². The van der Waals surface area contributed by atoms with Crippen LogP contribution in [0.1, 0.15) is 6.92 Å². The van der Waals surface area contributed by atoms with E-state index in [2.05, 4.69) is 149 Å². The highest BCUT2D eigenvalue weighted by atomic mass is 15.0. The molecule has 0 atom stereocenters. The zero-order valence-electron chi connectivity index (χ0n) is 25.1. The third-order valence-corrected chi connectivity index (χ3v) is 8.67. The molecule has 214 valence electrons. The quantitative estimate of drug-likeness (QED) is 0.180. The lowest BCUT2D eigenvalue weighted by molar-refractivity contribution is 1.14. The van der Waals surface area contributed by atoms with E-state index in [-0.39, 0.29) is 0 Å². The number of nitrogens with zero attached hydrogens (tertiary/aromatic N) is 3. The predicted octanol–water partition coefficient (Wildman–Crippen LogP) is 11.2. The molecule has 0 aliphatic heterocycles. The average molecular weight is 578 g/mol. The number of hydrogen-bond donors (Lipinski definition) is 0. The Morgan fingerprint density at radius 2 is 1.42 bits per heavy atom. The first-order valence-corrected chi connectivity index (χ1v) is 15.3. The van der Waals surface area contributed by atoms with Crippen molar-refractivity contribution in [2.45, 2.75) is 6.92 Å². The highest BCUT2D eigenvalue weighted by Crippen LogP contribution is 2.41. The normalized spacial score (nSPS) is 12.2. The van der Waals surface area contributed by atoms with Crippen molar-refractivity contribution in [3.63, 3.8) is 0 Å². The SMILES string of the molecule is C=C/C(=C\C=C/C)n1c2ccccc2c2c(-c3ccc4c(c3)c3cccnc3n4-c3cccc(-c4ccccc4)c3)cccc21.